The average molecular weight is 86.2 g/mol. The van der Waals surface area contributed by atoms with Crippen molar-refractivity contribution in [1.82, 2.24) is 0 Å². The van der Waals surface area contributed by atoms with Crippen molar-refractivity contribution in [2.75, 3.05) is 0 Å². The molecule has 1 unspecified atom stereocenters. The van der Waals surface area contributed by atoms with Gasteiger partial charge in [0.25, 0.3) is 0 Å². The molecule has 0 N–H and O–H groups in total. The first kappa shape index (κ1) is 3.29. The van der Waals surface area contributed by atoms with E-state index >= 15 is 0 Å². The molecule has 0 aliphatic heterocycles. The summed E-state index contributed by atoms with van der Waals surface area (Å²) in [7, 11) is 0. The van der Waals surface area contributed by atoms with Gasteiger partial charge in [-0.3, -0.25) is 0 Å². The van der Waals surface area contributed by atoms with Crippen molar-refractivity contribution in [3.63, 3.8) is 0 Å². The van der Waals surface area contributed by atoms with E-state index in [1.54, 1.807) is 0 Å². The summed E-state index contributed by atoms with van der Waals surface area (Å²) < 4.78 is 0. The highest BCUT2D eigenvalue weighted by Crippen LogP contribution is 2.30. The van der Waals surface area contributed by atoms with E-state index in [2.05, 4.69) is 25.6 Å². The van der Waals surface area contributed by atoms with Gasteiger partial charge in [-0.2, -0.15) is 0 Å². The van der Waals surface area contributed by atoms with Crippen LogP contribution in [0.4, 0.5) is 0 Å². The second kappa shape index (κ2) is 0.777. The zero-order valence-corrected chi connectivity index (χ0v) is 4.00. The van der Waals surface area contributed by atoms with Crippen LogP contribution < -0.4 is 0 Å². The first-order chi connectivity index (χ1) is 2.30. The summed E-state index contributed by atoms with van der Waals surface area (Å²) in [5.41, 5.74) is 0. The van der Waals surface area contributed by atoms with Crippen LogP contribution in [0.25, 0.3) is 0 Å². The van der Waals surface area contributed by atoms with Gasteiger partial charge in [0.05, 0.1) is 0 Å². The Balaban J connectivity index is 2.38. The molecular weight excluding hydrogens is 80.1 g/mol. The summed E-state index contributed by atoms with van der Waals surface area (Å²) in [5.74, 6) is 0.707. The fourth-order valence-electron chi connectivity index (χ4n) is 0.208. The lowest BCUT2D eigenvalue weighted by atomic mass is 10.5. The highest BCUT2D eigenvalue weighted by molar-refractivity contribution is 7.84. The van der Waals surface area contributed by atoms with Crippen LogP contribution in [0.3, 0.4) is 0 Å². The Morgan fingerprint density at radius 1 is 2.00 bits per heavy atom. The summed E-state index contributed by atoms with van der Waals surface area (Å²) in [6, 6.07) is 0. The van der Waals surface area contributed by atoms with Gasteiger partial charge >= 0.3 is 0 Å². The predicted octanol–water partition coefficient (Wildman–Crippen LogP) is 1.45. The van der Waals surface area contributed by atoms with Gasteiger partial charge in [-0.1, -0.05) is 13.0 Å². The van der Waals surface area contributed by atoms with E-state index in [1.807, 2.05) is 0 Å². The largest absolute Gasteiger partial charge is 0.148 e. The van der Waals surface area contributed by atoms with E-state index in [0.29, 0.717) is 5.92 Å². The standard InChI is InChI=1S/C4H6S/c1-3-2-4(3)5/h2-3,5H,1H3. The predicted molar refractivity (Wildman–Crippen MR) is 26.2 cm³/mol. The Morgan fingerprint density at radius 2 is 2.20 bits per heavy atom. The van der Waals surface area contributed by atoms with E-state index in [1.165, 1.54) is 4.91 Å². The SMILES string of the molecule is CC1C=C1S. The van der Waals surface area contributed by atoms with Gasteiger partial charge in [0.1, 0.15) is 0 Å². The van der Waals surface area contributed by atoms with Crippen molar-refractivity contribution >= 4 is 12.6 Å². The molecule has 0 heterocycles. The van der Waals surface area contributed by atoms with E-state index < -0.39 is 0 Å². The Kier molecular flexibility index (Phi) is 0.511. The Bertz CT molecular complexity index is 73.7. The number of thiol groups is 1. The molecule has 28 valence electrons. The van der Waals surface area contributed by atoms with Gasteiger partial charge in [-0.05, 0) is 4.91 Å². The van der Waals surface area contributed by atoms with Crippen LogP contribution in [0, 0.1) is 5.92 Å². The molecule has 0 aromatic carbocycles. The van der Waals surface area contributed by atoms with Crippen molar-refractivity contribution in [2.45, 2.75) is 6.92 Å². The summed E-state index contributed by atoms with van der Waals surface area (Å²) in [5, 5.41) is 0. The van der Waals surface area contributed by atoms with Crippen molar-refractivity contribution < 1.29 is 0 Å². The molecule has 1 heteroatoms. The second-order valence-electron chi connectivity index (χ2n) is 1.38. The minimum absolute atomic E-state index is 0.707. The quantitative estimate of drug-likeness (QED) is 0.424. The Hall–Kier alpha value is 0.0900. The van der Waals surface area contributed by atoms with Crippen molar-refractivity contribution in [3.05, 3.63) is 11.0 Å². The number of hydrogen-bond donors (Lipinski definition) is 1. The van der Waals surface area contributed by atoms with E-state index in [4.69, 9.17) is 0 Å². The normalized spacial score (nSPS) is 33.2. The van der Waals surface area contributed by atoms with Crippen molar-refractivity contribution in [1.29, 1.82) is 0 Å². The average Bonchev–Trinajstić information content (AvgIpc) is 1.79. The minimum Gasteiger partial charge on any atom is -0.148 e. The maximum Gasteiger partial charge on any atom is 0.00550 e. The molecule has 0 amide bonds. The van der Waals surface area contributed by atoms with Gasteiger partial charge in [-0.25, -0.2) is 0 Å². The van der Waals surface area contributed by atoms with Gasteiger partial charge in [0.15, 0.2) is 0 Å². The van der Waals surface area contributed by atoms with Crippen LogP contribution in [-0.4, -0.2) is 0 Å². The fourth-order valence-corrected chi connectivity index (χ4v) is 0.432. The topological polar surface area (TPSA) is 0 Å². The van der Waals surface area contributed by atoms with Crippen LogP contribution in [0.15, 0.2) is 11.0 Å². The first-order valence-corrected chi connectivity index (χ1v) is 2.16. The third-order valence-electron chi connectivity index (χ3n) is 0.778. The lowest BCUT2D eigenvalue weighted by molar-refractivity contribution is 1.08. The monoisotopic (exact) mass is 86.0 g/mol. The van der Waals surface area contributed by atoms with E-state index in [9.17, 15) is 0 Å². The summed E-state index contributed by atoms with van der Waals surface area (Å²) in [6.45, 7) is 2.13. The molecule has 0 aromatic rings. The zero-order chi connectivity index (χ0) is 3.86. The number of allylic oxidation sites excluding steroid dienone is 2. The van der Waals surface area contributed by atoms with Crippen LogP contribution in [0.5, 0.6) is 0 Å². The van der Waals surface area contributed by atoms with Crippen molar-refractivity contribution in [3.8, 4) is 0 Å². The van der Waals surface area contributed by atoms with Crippen molar-refractivity contribution in [2.24, 2.45) is 5.92 Å². The van der Waals surface area contributed by atoms with Crippen LogP contribution in [0.2, 0.25) is 0 Å². The molecule has 0 fully saturated rings. The molecule has 1 atom stereocenters. The molecule has 0 bridgehead atoms. The fraction of sp³-hybridized carbons (Fsp3) is 0.500. The van der Waals surface area contributed by atoms with Crippen LogP contribution in [-0.2, 0) is 0 Å². The molecule has 1 rings (SSSR count). The van der Waals surface area contributed by atoms with E-state index in [-0.39, 0.29) is 0 Å². The number of hydrogen-bond acceptors (Lipinski definition) is 1. The van der Waals surface area contributed by atoms with Gasteiger partial charge in [0.2, 0.25) is 0 Å². The molecule has 0 saturated heterocycles. The molecule has 0 spiro atoms. The van der Waals surface area contributed by atoms with Gasteiger partial charge in [-0.15, -0.1) is 12.6 Å². The molecule has 0 saturated carbocycles. The molecule has 1 aliphatic carbocycles. The first-order valence-electron chi connectivity index (χ1n) is 1.71. The molecular formula is C4H6S. The summed E-state index contributed by atoms with van der Waals surface area (Å²) in [6.07, 6.45) is 2.11. The molecule has 0 nitrogen and oxygen atoms in total. The zero-order valence-electron chi connectivity index (χ0n) is 3.10. The molecule has 1 aliphatic rings. The van der Waals surface area contributed by atoms with Crippen LogP contribution >= 0.6 is 12.6 Å². The third-order valence-corrected chi connectivity index (χ3v) is 1.33. The molecule has 5 heavy (non-hydrogen) atoms. The van der Waals surface area contributed by atoms with Gasteiger partial charge < -0.3 is 0 Å². The molecule has 0 aromatic heterocycles. The minimum atomic E-state index is 0.707. The second-order valence-corrected chi connectivity index (χ2v) is 1.90. The van der Waals surface area contributed by atoms with Crippen LogP contribution in [0.1, 0.15) is 6.92 Å². The summed E-state index contributed by atoms with van der Waals surface area (Å²) >= 11 is 4.03. The maximum absolute atomic E-state index is 4.03. The lowest BCUT2D eigenvalue weighted by Crippen LogP contribution is -1.54. The Morgan fingerprint density at radius 3 is 2.20 bits per heavy atom. The highest BCUT2D eigenvalue weighted by Gasteiger charge is 2.12. The Labute approximate surface area is 37.3 Å². The number of rotatable bonds is 0. The van der Waals surface area contributed by atoms with Gasteiger partial charge in [0, 0.05) is 5.92 Å². The summed E-state index contributed by atoms with van der Waals surface area (Å²) in [4.78, 5) is 1.24. The third kappa shape index (κ3) is 0.482. The lowest BCUT2D eigenvalue weighted by Gasteiger charge is -1.68. The highest BCUT2D eigenvalue weighted by atomic mass is 32.1. The molecule has 0 radical (unpaired) electrons. The van der Waals surface area contributed by atoms with E-state index in [0.717, 1.165) is 0 Å². The smallest absolute Gasteiger partial charge is 0.00550 e. The maximum atomic E-state index is 4.03.